The number of nitrogen functional groups attached to an aromatic ring is 1. The Balaban J connectivity index is 3.08. The molecular formula is C14H22FN3O2. The van der Waals surface area contributed by atoms with Gasteiger partial charge < -0.3 is 20.3 Å². The van der Waals surface area contributed by atoms with E-state index in [-0.39, 0.29) is 18.2 Å². The average molecular weight is 283 g/mol. The van der Waals surface area contributed by atoms with Crippen molar-refractivity contribution in [2.24, 2.45) is 0 Å². The molecule has 0 bridgehead atoms. The maximum atomic E-state index is 13.7. The van der Waals surface area contributed by atoms with Gasteiger partial charge in [-0.3, -0.25) is 4.79 Å². The number of hydrogen-bond donors (Lipinski definition) is 1. The molecule has 0 aliphatic heterocycles. The topological polar surface area (TPSA) is 58.8 Å². The second-order valence-corrected chi connectivity index (χ2v) is 4.58. The summed E-state index contributed by atoms with van der Waals surface area (Å²) in [5, 5.41) is 0. The van der Waals surface area contributed by atoms with Crippen molar-refractivity contribution in [2.45, 2.75) is 13.8 Å². The van der Waals surface area contributed by atoms with Crippen molar-refractivity contribution in [1.29, 1.82) is 0 Å². The number of carbonyl (C=O) groups excluding carboxylic acids is 1. The number of anilines is 2. The average Bonchev–Trinajstić information content (AvgIpc) is 2.39. The minimum Gasteiger partial charge on any atom is -0.491 e. The molecule has 0 atom stereocenters. The highest BCUT2D eigenvalue weighted by molar-refractivity contribution is 5.83. The van der Waals surface area contributed by atoms with Gasteiger partial charge in [0.2, 0.25) is 5.91 Å². The third-order valence-electron chi connectivity index (χ3n) is 2.93. The second-order valence-electron chi connectivity index (χ2n) is 4.58. The van der Waals surface area contributed by atoms with Crippen LogP contribution in [-0.4, -0.2) is 44.6 Å². The zero-order valence-electron chi connectivity index (χ0n) is 12.4. The highest BCUT2D eigenvalue weighted by Crippen LogP contribution is 2.31. The Labute approximate surface area is 119 Å². The van der Waals surface area contributed by atoms with Crippen LogP contribution < -0.4 is 15.4 Å². The molecule has 0 radical (unpaired) electrons. The fraction of sp³-hybridized carbons (Fsp3) is 0.500. The SMILES string of the molecule is CCOc1cc(N(CC)CC(=O)N(C)C)c(N)cc1F. The van der Waals surface area contributed by atoms with Crippen molar-refractivity contribution in [3.63, 3.8) is 0 Å². The first-order valence-corrected chi connectivity index (χ1v) is 6.57. The van der Waals surface area contributed by atoms with E-state index in [9.17, 15) is 9.18 Å². The van der Waals surface area contributed by atoms with Gasteiger partial charge in [0.25, 0.3) is 0 Å². The van der Waals surface area contributed by atoms with Gasteiger partial charge in [-0.25, -0.2) is 4.39 Å². The fourth-order valence-electron chi connectivity index (χ4n) is 1.77. The summed E-state index contributed by atoms with van der Waals surface area (Å²) in [6, 6.07) is 2.77. The van der Waals surface area contributed by atoms with Crippen LogP contribution in [0.2, 0.25) is 0 Å². The number of benzene rings is 1. The van der Waals surface area contributed by atoms with Crippen LogP contribution in [-0.2, 0) is 4.79 Å². The molecule has 0 heterocycles. The Morgan fingerprint density at radius 1 is 1.35 bits per heavy atom. The predicted octanol–water partition coefficient (Wildman–Crippen LogP) is 1.72. The standard InChI is InChI=1S/C14H22FN3O2/c1-5-18(9-14(19)17(3)4)12-8-13(20-6-2)10(15)7-11(12)16/h7-8H,5-6,9,16H2,1-4H3. The highest BCUT2D eigenvalue weighted by Gasteiger charge is 2.17. The molecule has 0 fully saturated rings. The maximum absolute atomic E-state index is 13.7. The van der Waals surface area contributed by atoms with Crippen molar-refractivity contribution >= 4 is 17.3 Å². The smallest absolute Gasteiger partial charge is 0.241 e. The number of ether oxygens (including phenoxy) is 1. The molecule has 0 spiro atoms. The van der Waals surface area contributed by atoms with Crippen LogP contribution in [0, 0.1) is 5.82 Å². The Hall–Kier alpha value is -1.98. The van der Waals surface area contributed by atoms with Gasteiger partial charge >= 0.3 is 0 Å². The Kier molecular flexibility index (Phi) is 5.61. The van der Waals surface area contributed by atoms with Gasteiger partial charge in [0.1, 0.15) is 0 Å². The molecule has 1 amide bonds. The highest BCUT2D eigenvalue weighted by atomic mass is 19.1. The van der Waals surface area contributed by atoms with Crippen molar-refractivity contribution in [2.75, 3.05) is 44.4 Å². The molecular weight excluding hydrogens is 261 g/mol. The molecule has 0 aromatic heterocycles. The number of nitrogens with two attached hydrogens (primary N) is 1. The summed E-state index contributed by atoms with van der Waals surface area (Å²) in [7, 11) is 3.38. The first kappa shape index (κ1) is 16.1. The van der Waals surface area contributed by atoms with E-state index in [4.69, 9.17) is 10.5 Å². The predicted molar refractivity (Wildman–Crippen MR) is 78.6 cm³/mol. The molecule has 0 aliphatic carbocycles. The lowest BCUT2D eigenvalue weighted by Crippen LogP contribution is -2.37. The van der Waals surface area contributed by atoms with Crippen LogP contribution in [0.5, 0.6) is 5.75 Å². The van der Waals surface area contributed by atoms with E-state index < -0.39 is 5.82 Å². The van der Waals surface area contributed by atoms with Crippen molar-refractivity contribution in [3.05, 3.63) is 17.9 Å². The normalized spacial score (nSPS) is 10.2. The zero-order valence-corrected chi connectivity index (χ0v) is 12.4. The molecule has 0 unspecified atom stereocenters. The van der Waals surface area contributed by atoms with Gasteiger partial charge in [0.05, 0.1) is 24.5 Å². The van der Waals surface area contributed by atoms with Crippen molar-refractivity contribution in [3.8, 4) is 5.75 Å². The maximum Gasteiger partial charge on any atom is 0.241 e. The molecule has 0 aliphatic rings. The molecule has 1 aromatic rings. The minimum absolute atomic E-state index is 0.0477. The molecule has 1 aromatic carbocycles. The van der Waals surface area contributed by atoms with Crippen LogP contribution in [0.3, 0.4) is 0 Å². The van der Waals surface area contributed by atoms with E-state index in [2.05, 4.69) is 0 Å². The lowest BCUT2D eigenvalue weighted by Gasteiger charge is -2.26. The molecule has 20 heavy (non-hydrogen) atoms. The molecule has 5 nitrogen and oxygen atoms in total. The summed E-state index contributed by atoms with van der Waals surface area (Å²) in [6.07, 6.45) is 0. The quantitative estimate of drug-likeness (QED) is 0.808. The largest absolute Gasteiger partial charge is 0.491 e. The Morgan fingerprint density at radius 3 is 2.50 bits per heavy atom. The number of amides is 1. The van der Waals surface area contributed by atoms with E-state index in [0.29, 0.717) is 24.5 Å². The van der Waals surface area contributed by atoms with Gasteiger partial charge in [-0.2, -0.15) is 0 Å². The Morgan fingerprint density at radius 2 is 2.00 bits per heavy atom. The third-order valence-corrected chi connectivity index (χ3v) is 2.93. The monoisotopic (exact) mass is 283 g/mol. The summed E-state index contributed by atoms with van der Waals surface area (Å²) in [6.45, 7) is 4.82. The second kappa shape index (κ2) is 6.98. The van der Waals surface area contributed by atoms with Gasteiger partial charge in [0, 0.05) is 32.8 Å². The molecule has 112 valence electrons. The van der Waals surface area contributed by atoms with E-state index in [0.717, 1.165) is 0 Å². The zero-order chi connectivity index (χ0) is 15.3. The van der Waals surface area contributed by atoms with Gasteiger partial charge in [-0.1, -0.05) is 0 Å². The van der Waals surface area contributed by atoms with E-state index in [1.807, 2.05) is 6.92 Å². The van der Waals surface area contributed by atoms with E-state index >= 15 is 0 Å². The van der Waals surface area contributed by atoms with Crippen LogP contribution in [0.1, 0.15) is 13.8 Å². The number of rotatable bonds is 6. The summed E-state index contributed by atoms with van der Waals surface area (Å²) in [4.78, 5) is 15.1. The van der Waals surface area contributed by atoms with Crippen LogP contribution in [0.4, 0.5) is 15.8 Å². The number of likely N-dealkylation sites (N-methyl/N-ethyl adjacent to an activating group) is 2. The van der Waals surface area contributed by atoms with Crippen LogP contribution >= 0.6 is 0 Å². The third kappa shape index (κ3) is 3.76. The van der Waals surface area contributed by atoms with Crippen LogP contribution in [0.25, 0.3) is 0 Å². The Bertz CT molecular complexity index is 478. The first-order valence-electron chi connectivity index (χ1n) is 6.57. The summed E-state index contributed by atoms with van der Waals surface area (Å²) >= 11 is 0. The number of halogens is 1. The molecule has 2 N–H and O–H groups in total. The minimum atomic E-state index is -0.497. The summed E-state index contributed by atoms with van der Waals surface area (Å²) in [5.74, 6) is -0.399. The van der Waals surface area contributed by atoms with Crippen LogP contribution in [0.15, 0.2) is 12.1 Å². The molecule has 1 rings (SSSR count). The lowest BCUT2D eigenvalue weighted by molar-refractivity contribution is -0.127. The van der Waals surface area contributed by atoms with Gasteiger partial charge in [0.15, 0.2) is 11.6 Å². The number of nitrogens with zero attached hydrogens (tertiary/aromatic N) is 2. The van der Waals surface area contributed by atoms with Gasteiger partial charge in [-0.05, 0) is 13.8 Å². The summed E-state index contributed by atoms with van der Waals surface area (Å²) < 4.78 is 18.9. The van der Waals surface area contributed by atoms with Crippen molar-refractivity contribution in [1.82, 2.24) is 4.90 Å². The molecule has 0 saturated carbocycles. The van der Waals surface area contributed by atoms with E-state index in [1.165, 1.54) is 11.0 Å². The van der Waals surface area contributed by atoms with Gasteiger partial charge in [-0.15, -0.1) is 0 Å². The van der Waals surface area contributed by atoms with E-state index in [1.54, 1.807) is 32.0 Å². The lowest BCUT2D eigenvalue weighted by atomic mass is 10.2. The summed E-state index contributed by atoms with van der Waals surface area (Å²) in [5.41, 5.74) is 6.75. The van der Waals surface area contributed by atoms with Crippen molar-refractivity contribution < 1.29 is 13.9 Å². The first-order chi connectivity index (χ1) is 9.40. The molecule has 0 saturated heterocycles. The number of carbonyl (C=O) groups is 1. The molecule has 6 heteroatoms. The fourth-order valence-corrected chi connectivity index (χ4v) is 1.77. The number of hydrogen-bond acceptors (Lipinski definition) is 4.